The molecule has 2 aromatic rings. The molecule has 0 aliphatic carbocycles. The van der Waals surface area contributed by atoms with Crippen LogP contribution in [-0.2, 0) is 6.61 Å². The van der Waals surface area contributed by atoms with Crippen molar-refractivity contribution in [2.75, 3.05) is 0 Å². The van der Waals surface area contributed by atoms with Gasteiger partial charge in [0.1, 0.15) is 18.2 Å². The molecule has 0 radical (unpaired) electrons. The van der Waals surface area contributed by atoms with Crippen molar-refractivity contribution in [2.24, 2.45) is 5.73 Å². The number of ether oxygens (including phenoxy) is 1. The molecule has 0 fully saturated rings. The second kappa shape index (κ2) is 6.04. The van der Waals surface area contributed by atoms with Crippen LogP contribution in [0.3, 0.4) is 0 Å². The molecule has 2 nitrogen and oxygen atoms in total. The third kappa shape index (κ3) is 3.46. The van der Waals surface area contributed by atoms with E-state index in [-0.39, 0.29) is 17.7 Å². The molecule has 2 N–H and O–H groups in total. The van der Waals surface area contributed by atoms with Gasteiger partial charge in [0.2, 0.25) is 0 Å². The number of halogens is 2. The van der Waals surface area contributed by atoms with Crippen LogP contribution >= 0.6 is 11.6 Å². The SMILES string of the molecule is C[C@@H](N)c1ccc(OCc2cccc(Cl)c2F)cc1. The van der Waals surface area contributed by atoms with Gasteiger partial charge in [0.05, 0.1) is 5.02 Å². The summed E-state index contributed by atoms with van der Waals surface area (Å²) < 4.78 is 19.2. The van der Waals surface area contributed by atoms with Gasteiger partial charge in [0.15, 0.2) is 0 Å². The first-order valence-corrected chi connectivity index (χ1v) is 6.37. The van der Waals surface area contributed by atoms with E-state index >= 15 is 0 Å². The van der Waals surface area contributed by atoms with Gasteiger partial charge < -0.3 is 10.5 Å². The highest BCUT2D eigenvalue weighted by molar-refractivity contribution is 6.30. The molecule has 100 valence electrons. The van der Waals surface area contributed by atoms with E-state index in [1.54, 1.807) is 12.1 Å². The molecule has 1 atom stereocenters. The lowest BCUT2D eigenvalue weighted by molar-refractivity contribution is 0.300. The van der Waals surface area contributed by atoms with Gasteiger partial charge in [-0.1, -0.05) is 35.9 Å². The molecule has 2 rings (SSSR count). The van der Waals surface area contributed by atoms with E-state index in [4.69, 9.17) is 22.1 Å². The number of nitrogens with two attached hydrogens (primary N) is 1. The van der Waals surface area contributed by atoms with E-state index in [1.807, 2.05) is 31.2 Å². The Balaban J connectivity index is 2.04. The van der Waals surface area contributed by atoms with E-state index in [1.165, 1.54) is 6.07 Å². The maximum absolute atomic E-state index is 13.6. The maximum atomic E-state index is 13.6. The first-order valence-electron chi connectivity index (χ1n) is 5.99. The predicted octanol–water partition coefficient (Wildman–Crippen LogP) is 4.08. The summed E-state index contributed by atoms with van der Waals surface area (Å²) in [4.78, 5) is 0. The van der Waals surface area contributed by atoms with E-state index in [9.17, 15) is 4.39 Å². The second-order valence-corrected chi connectivity index (χ2v) is 4.77. The molecule has 0 aromatic heterocycles. The fourth-order valence-corrected chi connectivity index (χ4v) is 1.88. The average molecular weight is 280 g/mol. The summed E-state index contributed by atoms with van der Waals surface area (Å²) in [5.74, 6) is 0.236. The number of rotatable bonds is 4. The van der Waals surface area contributed by atoms with Gasteiger partial charge in [-0.05, 0) is 30.7 Å². The summed E-state index contributed by atoms with van der Waals surface area (Å²) in [7, 11) is 0. The molecular weight excluding hydrogens is 265 g/mol. The first-order chi connectivity index (χ1) is 9.08. The molecule has 0 unspecified atom stereocenters. The molecule has 0 aliphatic heterocycles. The van der Waals surface area contributed by atoms with E-state index in [0.717, 1.165) is 5.56 Å². The third-order valence-electron chi connectivity index (χ3n) is 2.83. The zero-order chi connectivity index (χ0) is 13.8. The summed E-state index contributed by atoms with van der Waals surface area (Å²) in [6.45, 7) is 2.06. The quantitative estimate of drug-likeness (QED) is 0.915. The van der Waals surface area contributed by atoms with Crippen molar-refractivity contribution >= 4 is 11.6 Å². The molecule has 0 aliphatic rings. The molecule has 2 aromatic carbocycles. The Morgan fingerprint density at radius 2 is 1.89 bits per heavy atom. The van der Waals surface area contributed by atoms with Crippen LogP contribution in [0.2, 0.25) is 5.02 Å². The Morgan fingerprint density at radius 3 is 2.53 bits per heavy atom. The monoisotopic (exact) mass is 279 g/mol. The molecule has 0 bridgehead atoms. The number of hydrogen-bond acceptors (Lipinski definition) is 2. The highest BCUT2D eigenvalue weighted by Crippen LogP contribution is 2.21. The zero-order valence-corrected chi connectivity index (χ0v) is 11.3. The lowest BCUT2D eigenvalue weighted by Crippen LogP contribution is -2.04. The van der Waals surface area contributed by atoms with Gasteiger partial charge in [0.25, 0.3) is 0 Å². The Kier molecular flexibility index (Phi) is 4.40. The van der Waals surface area contributed by atoms with Crippen LogP contribution in [0.25, 0.3) is 0 Å². The Morgan fingerprint density at radius 1 is 1.21 bits per heavy atom. The lowest BCUT2D eigenvalue weighted by Gasteiger charge is -2.10. The van der Waals surface area contributed by atoms with Crippen LogP contribution in [-0.4, -0.2) is 0 Å². The summed E-state index contributed by atoms with van der Waals surface area (Å²) in [6, 6.07) is 12.3. The van der Waals surface area contributed by atoms with Gasteiger partial charge in [-0.3, -0.25) is 0 Å². The molecule has 0 spiro atoms. The minimum atomic E-state index is -0.434. The highest BCUT2D eigenvalue weighted by atomic mass is 35.5. The molecule has 19 heavy (non-hydrogen) atoms. The van der Waals surface area contributed by atoms with Gasteiger partial charge >= 0.3 is 0 Å². The first kappa shape index (κ1) is 13.8. The Labute approximate surface area is 117 Å². The van der Waals surface area contributed by atoms with Crippen LogP contribution in [0, 0.1) is 5.82 Å². The van der Waals surface area contributed by atoms with Crippen molar-refractivity contribution in [3.05, 3.63) is 64.4 Å². The third-order valence-corrected chi connectivity index (χ3v) is 3.12. The predicted molar refractivity (Wildman–Crippen MR) is 74.8 cm³/mol. The smallest absolute Gasteiger partial charge is 0.148 e. The van der Waals surface area contributed by atoms with E-state index in [2.05, 4.69) is 0 Å². The van der Waals surface area contributed by atoms with E-state index in [0.29, 0.717) is 11.3 Å². The topological polar surface area (TPSA) is 35.2 Å². The Hall–Kier alpha value is -1.58. The van der Waals surface area contributed by atoms with Crippen molar-refractivity contribution in [1.82, 2.24) is 0 Å². The summed E-state index contributed by atoms with van der Waals surface area (Å²) >= 11 is 5.71. The molecule has 0 saturated heterocycles. The molecule has 0 saturated carbocycles. The summed E-state index contributed by atoms with van der Waals surface area (Å²) in [6.07, 6.45) is 0. The second-order valence-electron chi connectivity index (χ2n) is 4.36. The zero-order valence-electron chi connectivity index (χ0n) is 10.6. The Bertz CT molecular complexity index is 555. The molecule has 0 heterocycles. The van der Waals surface area contributed by atoms with Crippen LogP contribution in [0.5, 0.6) is 5.75 Å². The highest BCUT2D eigenvalue weighted by Gasteiger charge is 2.07. The number of benzene rings is 2. The van der Waals surface area contributed by atoms with Gasteiger partial charge in [0, 0.05) is 11.6 Å². The van der Waals surface area contributed by atoms with Crippen LogP contribution < -0.4 is 10.5 Å². The van der Waals surface area contributed by atoms with E-state index < -0.39 is 5.82 Å². The van der Waals surface area contributed by atoms with Crippen LogP contribution in [0.15, 0.2) is 42.5 Å². The normalized spacial score (nSPS) is 12.2. The van der Waals surface area contributed by atoms with Gasteiger partial charge in [-0.2, -0.15) is 0 Å². The van der Waals surface area contributed by atoms with Gasteiger partial charge in [-0.15, -0.1) is 0 Å². The lowest BCUT2D eigenvalue weighted by atomic mass is 10.1. The van der Waals surface area contributed by atoms with Crippen molar-refractivity contribution in [1.29, 1.82) is 0 Å². The van der Waals surface area contributed by atoms with Crippen molar-refractivity contribution in [2.45, 2.75) is 19.6 Å². The fraction of sp³-hybridized carbons (Fsp3) is 0.200. The summed E-state index contributed by atoms with van der Waals surface area (Å²) in [5.41, 5.74) is 7.22. The van der Waals surface area contributed by atoms with Gasteiger partial charge in [-0.25, -0.2) is 4.39 Å². The number of hydrogen-bond donors (Lipinski definition) is 1. The molecule has 4 heteroatoms. The standard InChI is InChI=1S/C15H15ClFNO/c1-10(18)11-5-7-13(8-6-11)19-9-12-3-2-4-14(16)15(12)17/h2-8,10H,9,18H2,1H3/t10-/m1/s1. The fourth-order valence-electron chi connectivity index (χ4n) is 1.69. The van der Waals surface area contributed by atoms with Crippen LogP contribution in [0.4, 0.5) is 4.39 Å². The molecular formula is C15H15ClFNO. The largest absolute Gasteiger partial charge is 0.489 e. The van der Waals surface area contributed by atoms with Crippen molar-refractivity contribution in [3.63, 3.8) is 0 Å². The molecule has 0 amide bonds. The average Bonchev–Trinajstić information content (AvgIpc) is 2.41. The van der Waals surface area contributed by atoms with Crippen molar-refractivity contribution in [3.8, 4) is 5.75 Å². The minimum absolute atomic E-state index is 0.0144. The maximum Gasteiger partial charge on any atom is 0.148 e. The minimum Gasteiger partial charge on any atom is -0.489 e. The summed E-state index contributed by atoms with van der Waals surface area (Å²) in [5, 5.41) is 0.105. The van der Waals surface area contributed by atoms with Crippen molar-refractivity contribution < 1.29 is 9.13 Å². The van der Waals surface area contributed by atoms with Crippen LogP contribution in [0.1, 0.15) is 24.1 Å².